The van der Waals surface area contributed by atoms with Crippen LogP contribution in [0.5, 0.6) is 0 Å². The molecule has 0 bridgehead atoms. The molecule has 1 fully saturated rings. The molecule has 1 heterocycles. The average Bonchev–Trinajstić information content (AvgIpc) is 2.65. The molecule has 0 unspecified atom stereocenters. The summed E-state index contributed by atoms with van der Waals surface area (Å²) in [6.07, 6.45) is 3.92. The summed E-state index contributed by atoms with van der Waals surface area (Å²) in [7, 11) is 0. The summed E-state index contributed by atoms with van der Waals surface area (Å²) >= 11 is 0. The van der Waals surface area contributed by atoms with Crippen LogP contribution in [0, 0.1) is 0 Å². The number of allylic oxidation sites excluding steroid dienone is 1. The third kappa shape index (κ3) is 4.87. The molecule has 18 heavy (non-hydrogen) atoms. The van der Waals surface area contributed by atoms with E-state index in [1.165, 1.54) is 0 Å². The van der Waals surface area contributed by atoms with Gasteiger partial charge in [0.1, 0.15) is 0 Å². The molecule has 0 aromatic carbocycles. The lowest BCUT2D eigenvalue weighted by molar-refractivity contribution is -0.186. The minimum atomic E-state index is -0.412. The van der Waals surface area contributed by atoms with Crippen LogP contribution >= 0.6 is 0 Å². The van der Waals surface area contributed by atoms with Crippen LogP contribution in [0.3, 0.4) is 0 Å². The van der Waals surface area contributed by atoms with E-state index in [0.717, 1.165) is 24.5 Å². The van der Waals surface area contributed by atoms with Gasteiger partial charge < -0.3 is 9.57 Å². The number of unbranched alkanes of at least 4 members (excludes halogenated alkanes) is 1. The van der Waals surface area contributed by atoms with Crippen molar-refractivity contribution in [3.8, 4) is 0 Å². The predicted molar refractivity (Wildman–Crippen MR) is 66.3 cm³/mol. The van der Waals surface area contributed by atoms with E-state index in [2.05, 4.69) is 13.5 Å². The van der Waals surface area contributed by atoms with Crippen LogP contribution in [-0.4, -0.2) is 30.2 Å². The van der Waals surface area contributed by atoms with Crippen LogP contribution in [0.1, 0.15) is 45.4 Å². The number of carbonyl (C=O) groups excluding carboxylic acids is 2. The van der Waals surface area contributed by atoms with Crippen LogP contribution in [0.25, 0.3) is 0 Å². The number of nitrogens with zero attached hydrogens (tertiary/aromatic N) is 1. The lowest BCUT2D eigenvalue weighted by Gasteiger charge is -2.15. The summed E-state index contributed by atoms with van der Waals surface area (Å²) in [4.78, 5) is 27.8. The zero-order valence-electron chi connectivity index (χ0n) is 10.9. The normalized spacial score (nSPS) is 15.3. The third-order valence-corrected chi connectivity index (χ3v) is 2.65. The maximum atomic E-state index is 11.5. The molecule has 1 saturated heterocycles. The Morgan fingerprint density at radius 3 is 2.67 bits per heavy atom. The highest BCUT2D eigenvalue weighted by atomic mass is 16.7. The molecular formula is C13H21NO4. The Bertz CT molecular complexity index is 298. The van der Waals surface area contributed by atoms with Crippen molar-refractivity contribution in [2.24, 2.45) is 0 Å². The Morgan fingerprint density at radius 2 is 2.06 bits per heavy atom. The smallest absolute Gasteiger partial charge is 0.333 e. The van der Waals surface area contributed by atoms with Gasteiger partial charge in [-0.25, -0.2) is 4.79 Å². The minimum Gasteiger partial charge on any atom is -0.381 e. The van der Waals surface area contributed by atoms with Crippen LogP contribution < -0.4 is 0 Å². The molecule has 0 atom stereocenters. The summed E-state index contributed by atoms with van der Waals surface area (Å²) in [6.45, 7) is 7.05. The number of hydroxylamine groups is 2. The Labute approximate surface area is 108 Å². The number of carbonyl (C=O) groups is 2. The van der Waals surface area contributed by atoms with Gasteiger partial charge in [0.25, 0.3) is 5.91 Å². The highest BCUT2D eigenvalue weighted by molar-refractivity contribution is 5.82. The van der Waals surface area contributed by atoms with Crippen molar-refractivity contribution in [2.75, 3.05) is 13.2 Å². The molecule has 0 aliphatic carbocycles. The SMILES string of the molecule is C=C1CCC(=O)N1OC(=O)CCCOCCCC. The molecule has 1 aliphatic rings. The minimum absolute atomic E-state index is 0.201. The van der Waals surface area contributed by atoms with E-state index in [-0.39, 0.29) is 12.3 Å². The van der Waals surface area contributed by atoms with Gasteiger partial charge >= 0.3 is 5.97 Å². The highest BCUT2D eigenvalue weighted by Crippen LogP contribution is 2.21. The number of rotatable bonds is 8. The van der Waals surface area contributed by atoms with Gasteiger partial charge in [-0.2, -0.15) is 0 Å². The van der Waals surface area contributed by atoms with Crippen LogP contribution in [0.15, 0.2) is 12.3 Å². The molecule has 1 aliphatic heterocycles. The van der Waals surface area contributed by atoms with Crippen molar-refractivity contribution in [1.29, 1.82) is 0 Å². The summed E-state index contributed by atoms with van der Waals surface area (Å²) < 4.78 is 5.33. The molecule has 0 N–H and O–H groups in total. The van der Waals surface area contributed by atoms with E-state index in [1.807, 2.05) is 0 Å². The fraction of sp³-hybridized carbons (Fsp3) is 0.692. The molecule has 0 aromatic heterocycles. The largest absolute Gasteiger partial charge is 0.381 e. The van der Waals surface area contributed by atoms with Crippen molar-refractivity contribution in [3.63, 3.8) is 0 Å². The van der Waals surface area contributed by atoms with Crippen LogP contribution in [0.4, 0.5) is 0 Å². The average molecular weight is 255 g/mol. The first-order valence-corrected chi connectivity index (χ1v) is 6.44. The maximum absolute atomic E-state index is 11.5. The third-order valence-electron chi connectivity index (χ3n) is 2.65. The van der Waals surface area contributed by atoms with E-state index in [4.69, 9.17) is 9.57 Å². The van der Waals surface area contributed by atoms with Crippen molar-refractivity contribution < 1.29 is 19.2 Å². The second-order valence-electron chi connectivity index (χ2n) is 4.29. The van der Waals surface area contributed by atoms with Crippen molar-refractivity contribution >= 4 is 11.9 Å². The van der Waals surface area contributed by atoms with Gasteiger partial charge in [0.05, 0.1) is 12.1 Å². The van der Waals surface area contributed by atoms with Gasteiger partial charge in [0.15, 0.2) is 0 Å². The predicted octanol–water partition coefficient (Wildman–Crippen LogP) is 2.18. The molecule has 0 radical (unpaired) electrons. The van der Waals surface area contributed by atoms with E-state index in [0.29, 0.717) is 31.6 Å². The molecule has 5 heteroatoms. The maximum Gasteiger partial charge on any atom is 0.333 e. The van der Waals surface area contributed by atoms with Crippen molar-refractivity contribution in [1.82, 2.24) is 5.06 Å². The van der Waals surface area contributed by atoms with Crippen LogP contribution in [-0.2, 0) is 19.2 Å². The van der Waals surface area contributed by atoms with E-state index < -0.39 is 5.97 Å². The lowest BCUT2D eigenvalue weighted by Crippen LogP contribution is -2.26. The second-order valence-corrected chi connectivity index (χ2v) is 4.29. The molecule has 5 nitrogen and oxygen atoms in total. The number of ether oxygens (including phenoxy) is 1. The monoisotopic (exact) mass is 255 g/mol. The van der Waals surface area contributed by atoms with Gasteiger partial charge in [-0.05, 0) is 19.3 Å². The fourth-order valence-corrected chi connectivity index (χ4v) is 1.56. The lowest BCUT2D eigenvalue weighted by atomic mass is 10.3. The number of hydrogen-bond donors (Lipinski definition) is 0. The summed E-state index contributed by atoms with van der Waals surface area (Å²) in [5, 5.41) is 1.01. The topological polar surface area (TPSA) is 55.8 Å². The molecule has 0 saturated carbocycles. The molecule has 0 aromatic rings. The van der Waals surface area contributed by atoms with Gasteiger partial charge in [-0.3, -0.25) is 4.79 Å². The van der Waals surface area contributed by atoms with Crippen molar-refractivity contribution in [2.45, 2.75) is 45.4 Å². The Kier molecular flexibility index (Phi) is 6.43. The van der Waals surface area contributed by atoms with E-state index >= 15 is 0 Å². The molecule has 0 spiro atoms. The first-order valence-electron chi connectivity index (χ1n) is 6.44. The van der Waals surface area contributed by atoms with Gasteiger partial charge in [-0.15, -0.1) is 5.06 Å². The van der Waals surface area contributed by atoms with Crippen LogP contribution in [0.2, 0.25) is 0 Å². The number of amides is 1. The van der Waals surface area contributed by atoms with Gasteiger partial charge in [0, 0.05) is 19.6 Å². The summed E-state index contributed by atoms with van der Waals surface area (Å²) in [5.41, 5.74) is 0.549. The quantitative estimate of drug-likeness (QED) is 0.624. The standard InChI is InChI=1S/C13H21NO4/c1-3-4-9-17-10-5-6-13(16)18-14-11(2)7-8-12(14)15/h2-10H2,1H3. The van der Waals surface area contributed by atoms with E-state index in [1.54, 1.807) is 0 Å². The summed E-state index contributed by atoms with van der Waals surface area (Å²) in [5.74, 6) is -0.613. The first-order chi connectivity index (χ1) is 8.65. The second kappa shape index (κ2) is 7.87. The first kappa shape index (κ1) is 14.7. The zero-order chi connectivity index (χ0) is 13.4. The van der Waals surface area contributed by atoms with Crippen molar-refractivity contribution in [3.05, 3.63) is 12.3 Å². The Hall–Kier alpha value is -1.36. The summed E-state index contributed by atoms with van der Waals surface area (Å²) in [6, 6.07) is 0. The highest BCUT2D eigenvalue weighted by Gasteiger charge is 2.27. The Morgan fingerprint density at radius 1 is 1.33 bits per heavy atom. The molecule has 102 valence electrons. The molecule has 1 amide bonds. The molecule has 1 rings (SSSR count). The van der Waals surface area contributed by atoms with Gasteiger partial charge in [0.2, 0.25) is 0 Å². The van der Waals surface area contributed by atoms with E-state index in [9.17, 15) is 9.59 Å². The number of hydrogen-bond acceptors (Lipinski definition) is 4. The fourth-order valence-electron chi connectivity index (χ4n) is 1.56. The molecular weight excluding hydrogens is 234 g/mol. The Balaban J connectivity index is 2.10. The zero-order valence-corrected chi connectivity index (χ0v) is 10.9. The van der Waals surface area contributed by atoms with Gasteiger partial charge in [-0.1, -0.05) is 19.9 Å².